The molecular weight excluding hydrogens is 363 g/mol. The SMILES string of the molecule is O=C1OCCCN1[C@H]1CC[C@H](C(=O)Nc2cnn(-c3ccccc3F)c2)CC1. The predicted molar refractivity (Wildman–Crippen MR) is 101 cm³/mol. The maximum absolute atomic E-state index is 13.9. The summed E-state index contributed by atoms with van der Waals surface area (Å²) in [5, 5.41) is 7.01. The van der Waals surface area contributed by atoms with Gasteiger partial charge >= 0.3 is 6.09 Å². The summed E-state index contributed by atoms with van der Waals surface area (Å²) in [7, 11) is 0. The number of nitrogens with zero attached hydrogens (tertiary/aromatic N) is 3. The Morgan fingerprint density at radius 2 is 2.00 bits per heavy atom. The van der Waals surface area contributed by atoms with Crippen molar-refractivity contribution < 1.29 is 18.7 Å². The van der Waals surface area contributed by atoms with Gasteiger partial charge < -0.3 is 15.0 Å². The largest absolute Gasteiger partial charge is 0.449 e. The molecular formula is C20H23FN4O3. The van der Waals surface area contributed by atoms with Gasteiger partial charge in [0.15, 0.2) is 0 Å². The van der Waals surface area contributed by atoms with E-state index in [-0.39, 0.29) is 29.8 Å². The monoisotopic (exact) mass is 386 g/mol. The number of ether oxygens (including phenoxy) is 1. The van der Waals surface area contributed by atoms with Crippen molar-refractivity contribution in [3.63, 3.8) is 0 Å². The van der Waals surface area contributed by atoms with Gasteiger partial charge in [0, 0.05) is 18.5 Å². The zero-order valence-corrected chi connectivity index (χ0v) is 15.5. The van der Waals surface area contributed by atoms with E-state index < -0.39 is 0 Å². The van der Waals surface area contributed by atoms with Crippen LogP contribution < -0.4 is 5.32 Å². The van der Waals surface area contributed by atoms with Crippen molar-refractivity contribution in [2.45, 2.75) is 38.1 Å². The highest BCUT2D eigenvalue weighted by atomic mass is 19.1. The number of para-hydroxylation sites is 1. The van der Waals surface area contributed by atoms with Crippen molar-refractivity contribution in [1.29, 1.82) is 0 Å². The van der Waals surface area contributed by atoms with Crippen molar-refractivity contribution in [1.82, 2.24) is 14.7 Å². The van der Waals surface area contributed by atoms with Crippen LogP contribution in [0.5, 0.6) is 0 Å². The third-order valence-electron chi connectivity index (χ3n) is 5.46. The van der Waals surface area contributed by atoms with E-state index in [1.165, 1.54) is 16.9 Å². The molecule has 2 aromatic rings. The van der Waals surface area contributed by atoms with Gasteiger partial charge in [0.05, 0.1) is 24.7 Å². The molecule has 2 aliphatic rings. The highest BCUT2D eigenvalue weighted by Gasteiger charge is 2.33. The maximum atomic E-state index is 13.9. The summed E-state index contributed by atoms with van der Waals surface area (Å²) in [5.41, 5.74) is 0.868. The number of rotatable bonds is 4. The molecule has 0 bridgehead atoms. The predicted octanol–water partition coefficient (Wildman–Crippen LogP) is 3.35. The molecule has 2 fully saturated rings. The van der Waals surface area contributed by atoms with Gasteiger partial charge in [-0.1, -0.05) is 12.1 Å². The van der Waals surface area contributed by atoms with Gasteiger partial charge in [-0.2, -0.15) is 5.10 Å². The lowest BCUT2D eigenvalue weighted by atomic mass is 9.84. The van der Waals surface area contributed by atoms with Crippen molar-refractivity contribution in [2.24, 2.45) is 5.92 Å². The second-order valence-electron chi connectivity index (χ2n) is 7.28. The Morgan fingerprint density at radius 3 is 2.75 bits per heavy atom. The van der Waals surface area contributed by atoms with Crippen LogP contribution >= 0.6 is 0 Å². The number of cyclic esters (lactones) is 1. The number of aromatic nitrogens is 2. The highest BCUT2D eigenvalue weighted by molar-refractivity contribution is 5.92. The molecule has 1 saturated carbocycles. The molecule has 1 aromatic heterocycles. The third-order valence-corrected chi connectivity index (χ3v) is 5.46. The molecule has 1 N–H and O–H groups in total. The van der Waals surface area contributed by atoms with Crippen LogP contribution in [0.4, 0.5) is 14.9 Å². The van der Waals surface area contributed by atoms with E-state index in [0.717, 1.165) is 38.6 Å². The fourth-order valence-corrected chi connectivity index (χ4v) is 3.95. The van der Waals surface area contributed by atoms with Gasteiger partial charge in [-0.3, -0.25) is 4.79 Å². The fraction of sp³-hybridized carbons (Fsp3) is 0.450. The summed E-state index contributed by atoms with van der Waals surface area (Å²) in [6, 6.07) is 6.49. The van der Waals surface area contributed by atoms with Crippen molar-refractivity contribution in [2.75, 3.05) is 18.5 Å². The zero-order chi connectivity index (χ0) is 19.5. The summed E-state index contributed by atoms with van der Waals surface area (Å²) in [6.07, 6.45) is 6.77. The molecule has 148 valence electrons. The molecule has 0 unspecified atom stereocenters. The Labute approximate surface area is 162 Å². The lowest BCUT2D eigenvalue weighted by Gasteiger charge is -2.37. The molecule has 0 spiro atoms. The first-order valence-electron chi connectivity index (χ1n) is 9.65. The molecule has 1 aliphatic carbocycles. The second-order valence-corrected chi connectivity index (χ2v) is 7.28. The summed E-state index contributed by atoms with van der Waals surface area (Å²) < 4.78 is 20.4. The quantitative estimate of drug-likeness (QED) is 0.874. The fourth-order valence-electron chi connectivity index (χ4n) is 3.95. The minimum Gasteiger partial charge on any atom is -0.449 e. The molecule has 0 radical (unpaired) electrons. The Morgan fingerprint density at radius 1 is 1.21 bits per heavy atom. The normalized spacial score (nSPS) is 22.6. The standard InChI is InChI=1S/C20H23FN4O3/c21-17-4-1-2-5-18(17)25-13-15(12-22-25)23-19(26)14-6-8-16(9-7-14)24-10-3-11-28-20(24)27/h1-2,4-5,12-14,16H,3,6-11H2,(H,23,26)/t14-,16-. The molecule has 28 heavy (non-hydrogen) atoms. The molecule has 0 atom stereocenters. The molecule has 8 heteroatoms. The first-order chi connectivity index (χ1) is 13.6. The number of carbonyl (C=O) groups is 2. The molecule has 1 aromatic carbocycles. The van der Waals surface area contributed by atoms with Crippen LogP contribution in [0.25, 0.3) is 5.69 Å². The van der Waals surface area contributed by atoms with E-state index >= 15 is 0 Å². The van der Waals surface area contributed by atoms with E-state index in [0.29, 0.717) is 18.0 Å². The lowest BCUT2D eigenvalue weighted by molar-refractivity contribution is -0.121. The molecule has 1 aliphatic heterocycles. The smallest absolute Gasteiger partial charge is 0.410 e. The van der Waals surface area contributed by atoms with Crippen LogP contribution in [0.2, 0.25) is 0 Å². The molecule has 7 nitrogen and oxygen atoms in total. The molecule has 2 heterocycles. The minimum absolute atomic E-state index is 0.0623. The van der Waals surface area contributed by atoms with Crippen LogP contribution in [0, 0.1) is 11.7 Å². The number of anilines is 1. The Balaban J connectivity index is 1.33. The topological polar surface area (TPSA) is 76.5 Å². The lowest BCUT2D eigenvalue weighted by Crippen LogP contribution is -2.46. The number of halogens is 1. The number of benzene rings is 1. The van der Waals surface area contributed by atoms with E-state index in [4.69, 9.17) is 4.74 Å². The second kappa shape index (κ2) is 8.00. The average Bonchev–Trinajstić information content (AvgIpc) is 3.17. The number of nitrogens with one attached hydrogen (secondary N) is 1. The van der Waals surface area contributed by atoms with E-state index in [1.807, 2.05) is 0 Å². The number of hydrogen-bond acceptors (Lipinski definition) is 4. The minimum atomic E-state index is -0.377. The average molecular weight is 386 g/mol. The number of hydrogen-bond donors (Lipinski definition) is 1. The van der Waals surface area contributed by atoms with Gasteiger partial charge in [0.1, 0.15) is 11.5 Å². The van der Waals surface area contributed by atoms with E-state index in [1.54, 1.807) is 29.3 Å². The highest BCUT2D eigenvalue weighted by Crippen LogP contribution is 2.30. The molecule has 2 amide bonds. The molecule has 1 saturated heterocycles. The maximum Gasteiger partial charge on any atom is 0.410 e. The van der Waals surface area contributed by atoms with Crippen LogP contribution in [0.1, 0.15) is 32.1 Å². The van der Waals surface area contributed by atoms with Crippen molar-refractivity contribution in [3.8, 4) is 5.69 Å². The summed E-state index contributed by atoms with van der Waals surface area (Å²) >= 11 is 0. The van der Waals surface area contributed by atoms with Crippen LogP contribution in [-0.2, 0) is 9.53 Å². The summed E-state index contributed by atoms with van der Waals surface area (Å²) in [5.74, 6) is -0.542. The third kappa shape index (κ3) is 3.85. The van der Waals surface area contributed by atoms with Gasteiger partial charge in [-0.15, -0.1) is 0 Å². The van der Waals surface area contributed by atoms with E-state index in [2.05, 4.69) is 10.4 Å². The van der Waals surface area contributed by atoms with Gasteiger partial charge in [0.25, 0.3) is 0 Å². The van der Waals surface area contributed by atoms with Gasteiger partial charge in [-0.05, 0) is 44.2 Å². The number of carbonyl (C=O) groups excluding carboxylic acids is 2. The van der Waals surface area contributed by atoms with Crippen molar-refractivity contribution in [3.05, 3.63) is 42.5 Å². The van der Waals surface area contributed by atoms with Crippen LogP contribution in [-0.4, -0.2) is 45.9 Å². The Hall–Kier alpha value is -2.90. The zero-order valence-electron chi connectivity index (χ0n) is 15.5. The van der Waals surface area contributed by atoms with Crippen molar-refractivity contribution >= 4 is 17.7 Å². The van der Waals surface area contributed by atoms with Crippen LogP contribution in [0.3, 0.4) is 0 Å². The Bertz CT molecular complexity index is 861. The first kappa shape index (κ1) is 18.5. The van der Waals surface area contributed by atoms with E-state index in [9.17, 15) is 14.0 Å². The summed E-state index contributed by atoms with van der Waals surface area (Å²) in [6.45, 7) is 1.23. The van der Waals surface area contributed by atoms with Gasteiger partial charge in [0.2, 0.25) is 5.91 Å². The Kier molecular flexibility index (Phi) is 5.27. The molecule has 4 rings (SSSR count). The number of amides is 2. The summed E-state index contributed by atoms with van der Waals surface area (Å²) in [4.78, 5) is 26.3. The first-order valence-corrected chi connectivity index (χ1v) is 9.65. The van der Waals surface area contributed by atoms with Crippen LogP contribution in [0.15, 0.2) is 36.7 Å². The van der Waals surface area contributed by atoms with Gasteiger partial charge in [-0.25, -0.2) is 13.9 Å².